The SMILES string of the molecule is Cc1ccsc1CN(C)C(=O)c1cc2c(C)nn(Cc3ccc(F)cc3)c2s1. The minimum absolute atomic E-state index is 0.0155. The number of aryl methyl sites for hydroxylation is 2. The number of fused-ring (bicyclic) bond motifs is 1. The Balaban J connectivity index is 1.59. The van der Waals surface area contributed by atoms with E-state index in [0.717, 1.165) is 21.5 Å². The molecule has 1 amide bonds. The van der Waals surface area contributed by atoms with Crippen LogP contribution in [-0.4, -0.2) is 27.6 Å². The van der Waals surface area contributed by atoms with Gasteiger partial charge in [0, 0.05) is 17.3 Å². The number of carbonyl (C=O) groups is 1. The van der Waals surface area contributed by atoms with E-state index in [1.807, 2.05) is 24.7 Å². The zero-order valence-electron chi connectivity index (χ0n) is 15.9. The molecule has 0 fully saturated rings. The number of nitrogens with zero attached hydrogens (tertiary/aromatic N) is 3. The molecule has 0 radical (unpaired) electrons. The molecular formula is C21H20FN3OS2. The van der Waals surface area contributed by atoms with Crippen molar-refractivity contribution >= 4 is 38.8 Å². The van der Waals surface area contributed by atoms with Gasteiger partial charge in [-0.1, -0.05) is 12.1 Å². The second-order valence-electron chi connectivity index (χ2n) is 6.89. The molecule has 4 aromatic rings. The first-order chi connectivity index (χ1) is 13.4. The van der Waals surface area contributed by atoms with Crippen LogP contribution in [0.5, 0.6) is 0 Å². The van der Waals surface area contributed by atoms with Crippen molar-refractivity contribution in [3.05, 3.63) is 74.2 Å². The molecule has 3 heterocycles. The van der Waals surface area contributed by atoms with Crippen molar-refractivity contribution in [3.63, 3.8) is 0 Å². The van der Waals surface area contributed by atoms with Crippen LogP contribution in [0.25, 0.3) is 10.2 Å². The van der Waals surface area contributed by atoms with Gasteiger partial charge in [0.05, 0.1) is 23.7 Å². The van der Waals surface area contributed by atoms with Gasteiger partial charge in [0.2, 0.25) is 0 Å². The number of amides is 1. The summed E-state index contributed by atoms with van der Waals surface area (Å²) in [6.45, 7) is 5.17. The number of thiophene rings is 2. The fraction of sp³-hybridized carbons (Fsp3) is 0.238. The molecule has 4 nitrogen and oxygen atoms in total. The van der Waals surface area contributed by atoms with E-state index in [9.17, 15) is 9.18 Å². The fourth-order valence-electron chi connectivity index (χ4n) is 3.13. The van der Waals surface area contributed by atoms with E-state index in [1.165, 1.54) is 33.9 Å². The van der Waals surface area contributed by atoms with Crippen LogP contribution in [0.15, 0.2) is 41.8 Å². The molecule has 144 valence electrons. The first-order valence-corrected chi connectivity index (χ1v) is 10.6. The highest BCUT2D eigenvalue weighted by molar-refractivity contribution is 7.20. The van der Waals surface area contributed by atoms with E-state index < -0.39 is 0 Å². The molecule has 0 saturated heterocycles. The smallest absolute Gasteiger partial charge is 0.264 e. The Morgan fingerprint density at radius 2 is 1.96 bits per heavy atom. The van der Waals surface area contributed by atoms with Gasteiger partial charge in [-0.15, -0.1) is 22.7 Å². The Bertz CT molecular complexity index is 1140. The van der Waals surface area contributed by atoms with Crippen molar-refractivity contribution in [3.8, 4) is 0 Å². The Morgan fingerprint density at radius 3 is 2.64 bits per heavy atom. The number of rotatable bonds is 5. The molecule has 0 N–H and O–H groups in total. The van der Waals surface area contributed by atoms with Crippen LogP contribution < -0.4 is 0 Å². The lowest BCUT2D eigenvalue weighted by molar-refractivity contribution is 0.0791. The first-order valence-electron chi connectivity index (χ1n) is 8.92. The summed E-state index contributed by atoms with van der Waals surface area (Å²) in [5.41, 5.74) is 3.08. The van der Waals surface area contributed by atoms with Crippen molar-refractivity contribution in [1.82, 2.24) is 14.7 Å². The molecule has 0 spiro atoms. The second-order valence-corrected chi connectivity index (χ2v) is 8.92. The van der Waals surface area contributed by atoms with Crippen LogP contribution in [0, 0.1) is 19.7 Å². The molecule has 0 aliphatic rings. The molecule has 3 aromatic heterocycles. The number of hydrogen-bond acceptors (Lipinski definition) is 4. The number of carbonyl (C=O) groups excluding carboxylic acids is 1. The molecule has 0 bridgehead atoms. The molecule has 0 aliphatic carbocycles. The van der Waals surface area contributed by atoms with E-state index in [4.69, 9.17) is 0 Å². The second kappa shape index (κ2) is 7.48. The molecule has 0 atom stereocenters. The third-order valence-corrected chi connectivity index (χ3v) is 6.90. The molecule has 7 heteroatoms. The zero-order chi connectivity index (χ0) is 19.8. The molecule has 28 heavy (non-hydrogen) atoms. The summed E-state index contributed by atoms with van der Waals surface area (Å²) < 4.78 is 15.0. The van der Waals surface area contributed by atoms with Gasteiger partial charge in [0.25, 0.3) is 5.91 Å². The van der Waals surface area contributed by atoms with Crippen LogP contribution in [0.4, 0.5) is 4.39 Å². The molecular weight excluding hydrogens is 393 g/mol. The van der Waals surface area contributed by atoms with E-state index in [2.05, 4.69) is 23.5 Å². The normalized spacial score (nSPS) is 11.3. The predicted molar refractivity (Wildman–Crippen MR) is 113 cm³/mol. The van der Waals surface area contributed by atoms with Gasteiger partial charge < -0.3 is 4.90 Å². The molecule has 0 aliphatic heterocycles. The predicted octanol–water partition coefficient (Wildman–Crippen LogP) is 5.24. The van der Waals surface area contributed by atoms with Crippen molar-refractivity contribution in [2.75, 3.05) is 7.05 Å². The van der Waals surface area contributed by atoms with Gasteiger partial charge in [-0.3, -0.25) is 9.48 Å². The average molecular weight is 414 g/mol. The van der Waals surface area contributed by atoms with Crippen molar-refractivity contribution in [1.29, 1.82) is 0 Å². The topological polar surface area (TPSA) is 38.1 Å². The van der Waals surface area contributed by atoms with E-state index in [0.29, 0.717) is 18.0 Å². The van der Waals surface area contributed by atoms with Crippen molar-refractivity contribution in [2.24, 2.45) is 0 Å². The van der Waals surface area contributed by atoms with E-state index in [1.54, 1.807) is 28.4 Å². The fourth-order valence-corrected chi connectivity index (χ4v) is 5.24. The number of halogens is 1. The quantitative estimate of drug-likeness (QED) is 0.449. The summed E-state index contributed by atoms with van der Waals surface area (Å²) in [5.74, 6) is -0.236. The first kappa shape index (κ1) is 18.8. The van der Waals surface area contributed by atoms with Crippen LogP contribution in [0.2, 0.25) is 0 Å². The highest BCUT2D eigenvalue weighted by atomic mass is 32.1. The Morgan fingerprint density at radius 1 is 1.21 bits per heavy atom. The van der Waals surface area contributed by atoms with Crippen LogP contribution in [0.1, 0.15) is 31.4 Å². The van der Waals surface area contributed by atoms with Gasteiger partial charge in [0.15, 0.2) is 0 Å². The maximum atomic E-state index is 13.1. The molecule has 4 rings (SSSR count). The minimum atomic E-state index is -0.251. The standard InChI is InChI=1S/C21H20FN3OS2/c1-13-8-9-27-19(13)12-24(3)20(26)18-10-17-14(2)23-25(21(17)28-18)11-15-4-6-16(22)7-5-15/h4-10H,11-12H2,1-3H3. The van der Waals surface area contributed by atoms with E-state index >= 15 is 0 Å². The summed E-state index contributed by atoms with van der Waals surface area (Å²) in [6.07, 6.45) is 0. The van der Waals surface area contributed by atoms with Crippen LogP contribution in [0.3, 0.4) is 0 Å². The Kier molecular flexibility index (Phi) is 5.03. The van der Waals surface area contributed by atoms with Gasteiger partial charge in [-0.25, -0.2) is 4.39 Å². The van der Waals surface area contributed by atoms with Crippen LogP contribution in [-0.2, 0) is 13.1 Å². The van der Waals surface area contributed by atoms with Gasteiger partial charge in [-0.05, 0) is 54.6 Å². The summed E-state index contributed by atoms with van der Waals surface area (Å²) in [5, 5.41) is 7.64. The third-order valence-electron chi connectivity index (χ3n) is 4.76. The van der Waals surface area contributed by atoms with Gasteiger partial charge in [-0.2, -0.15) is 5.10 Å². The van der Waals surface area contributed by atoms with Crippen molar-refractivity contribution < 1.29 is 9.18 Å². The summed E-state index contributed by atoms with van der Waals surface area (Å²) in [7, 11) is 1.84. The highest BCUT2D eigenvalue weighted by Crippen LogP contribution is 2.30. The molecule has 0 saturated carbocycles. The summed E-state index contributed by atoms with van der Waals surface area (Å²) in [4.78, 5) is 17.6. The number of aromatic nitrogens is 2. The minimum Gasteiger partial charge on any atom is -0.336 e. The molecule has 1 aromatic carbocycles. The van der Waals surface area contributed by atoms with Crippen LogP contribution >= 0.6 is 22.7 Å². The lowest BCUT2D eigenvalue weighted by Crippen LogP contribution is -2.25. The largest absolute Gasteiger partial charge is 0.336 e. The van der Waals surface area contributed by atoms with Gasteiger partial charge in [0.1, 0.15) is 10.6 Å². The monoisotopic (exact) mass is 413 g/mol. The van der Waals surface area contributed by atoms with Crippen molar-refractivity contribution in [2.45, 2.75) is 26.9 Å². The lowest BCUT2D eigenvalue weighted by Gasteiger charge is -2.15. The third kappa shape index (κ3) is 3.59. The Hall–Kier alpha value is -2.51. The maximum absolute atomic E-state index is 13.1. The highest BCUT2D eigenvalue weighted by Gasteiger charge is 2.20. The average Bonchev–Trinajstić information content (AvgIpc) is 3.35. The van der Waals surface area contributed by atoms with E-state index in [-0.39, 0.29) is 11.7 Å². The summed E-state index contributed by atoms with van der Waals surface area (Å²) >= 11 is 3.13. The molecule has 0 unspecified atom stereocenters. The Labute approximate surface area is 170 Å². The summed E-state index contributed by atoms with van der Waals surface area (Å²) in [6, 6.07) is 10.4. The number of hydrogen-bond donors (Lipinski definition) is 0. The zero-order valence-corrected chi connectivity index (χ0v) is 17.5. The lowest BCUT2D eigenvalue weighted by atomic mass is 10.2. The van der Waals surface area contributed by atoms with Gasteiger partial charge >= 0.3 is 0 Å². The maximum Gasteiger partial charge on any atom is 0.264 e. The number of benzene rings is 1.